The summed E-state index contributed by atoms with van der Waals surface area (Å²) in [4.78, 5) is 21.1. The largest absolute Gasteiger partial charge is 0.508 e. The van der Waals surface area contributed by atoms with Crippen LogP contribution in [-0.4, -0.2) is 16.0 Å². The summed E-state index contributed by atoms with van der Waals surface area (Å²) in [6, 6.07) is 13.7. The lowest BCUT2D eigenvalue weighted by Crippen LogP contribution is -2.22. The lowest BCUT2D eigenvalue weighted by atomic mass is 10.1. The zero-order chi connectivity index (χ0) is 22.9. The van der Waals surface area contributed by atoms with Crippen LogP contribution in [0.25, 0.3) is 11.0 Å². The zero-order valence-electron chi connectivity index (χ0n) is 16.6. The Morgan fingerprint density at radius 1 is 1.09 bits per heavy atom. The van der Waals surface area contributed by atoms with Gasteiger partial charge in [0.05, 0.1) is 11.3 Å². The highest BCUT2D eigenvalue weighted by atomic mass is 19.4. The minimum absolute atomic E-state index is 0.0949. The Morgan fingerprint density at radius 2 is 1.88 bits per heavy atom. The van der Waals surface area contributed by atoms with Crippen LogP contribution in [0.3, 0.4) is 0 Å². The van der Waals surface area contributed by atoms with Gasteiger partial charge in [0.15, 0.2) is 0 Å². The molecule has 4 aromatic rings. The first-order valence-corrected chi connectivity index (χ1v) is 9.42. The number of alkyl halides is 3. The molecule has 2 aromatic heterocycles. The Morgan fingerprint density at radius 3 is 2.59 bits per heavy atom. The highest BCUT2D eigenvalue weighted by Gasteiger charge is 2.33. The van der Waals surface area contributed by atoms with E-state index in [0.29, 0.717) is 5.39 Å². The second kappa shape index (κ2) is 8.18. The van der Waals surface area contributed by atoms with Crippen molar-refractivity contribution in [3.8, 4) is 5.75 Å². The molecule has 0 spiro atoms. The third-order valence-electron chi connectivity index (χ3n) is 4.56. The molecule has 1 amide bonds. The van der Waals surface area contributed by atoms with Crippen LogP contribution in [0.15, 0.2) is 76.3 Å². The summed E-state index contributed by atoms with van der Waals surface area (Å²) in [6.45, 7) is 1.84. The number of halogens is 3. The van der Waals surface area contributed by atoms with Crippen LogP contribution < -0.4 is 10.9 Å². The predicted molar refractivity (Wildman–Crippen MR) is 111 cm³/mol. The lowest BCUT2D eigenvalue weighted by Gasteiger charge is -2.10. The normalized spacial score (nSPS) is 12.2. The van der Waals surface area contributed by atoms with Crippen LogP contribution in [-0.2, 0) is 6.18 Å². The van der Waals surface area contributed by atoms with E-state index in [1.165, 1.54) is 42.5 Å². The highest BCUT2D eigenvalue weighted by molar-refractivity contribution is 6.05. The number of para-hydroxylation sites is 1. The quantitative estimate of drug-likeness (QED) is 0.451. The van der Waals surface area contributed by atoms with Crippen molar-refractivity contribution in [3.63, 3.8) is 0 Å². The number of benzene rings is 2. The number of hydrogen-bond acceptors (Lipinski definition) is 5. The molecule has 0 aliphatic rings. The smallest absolute Gasteiger partial charge is 0.418 e. The number of phenols is 1. The Bertz CT molecular complexity index is 1380. The fraction of sp³-hybridized carbons (Fsp3) is 0.0870. The first-order chi connectivity index (χ1) is 15.2. The summed E-state index contributed by atoms with van der Waals surface area (Å²) in [5.74, 6) is -0.514. The minimum Gasteiger partial charge on any atom is -0.508 e. The summed E-state index contributed by atoms with van der Waals surface area (Å²) in [5, 5.41) is 12.8. The topological polar surface area (TPSA) is 87.7 Å². The number of aromatic nitrogens is 1. The van der Waals surface area contributed by atoms with Gasteiger partial charge in [0.2, 0.25) is 5.55 Å². The van der Waals surface area contributed by atoms with Gasteiger partial charge in [-0.3, -0.25) is 4.79 Å². The number of hydrogen-bond donors (Lipinski definition) is 2. The maximum absolute atomic E-state index is 13.4. The summed E-state index contributed by atoms with van der Waals surface area (Å²) in [7, 11) is 0. The van der Waals surface area contributed by atoms with Crippen LogP contribution in [0, 0.1) is 6.92 Å². The minimum atomic E-state index is -4.65. The van der Waals surface area contributed by atoms with Gasteiger partial charge in [-0.15, -0.1) is 0 Å². The Hall–Kier alpha value is -4.14. The van der Waals surface area contributed by atoms with Crippen LogP contribution in [0.1, 0.15) is 21.5 Å². The molecule has 2 heterocycles. The molecule has 0 atom stereocenters. The van der Waals surface area contributed by atoms with Crippen molar-refractivity contribution in [2.45, 2.75) is 13.1 Å². The average molecular weight is 439 g/mol. The molecular formula is C23H16F3N3O3. The number of rotatable bonds is 3. The molecule has 9 heteroatoms. The van der Waals surface area contributed by atoms with E-state index >= 15 is 0 Å². The third-order valence-corrected chi connectivity index (χ3v) is 4.56. The summed E-state index contributed by atoms with van der Waals surface area (Å²) in [5.41, 5.74) is -0.781. The maximum Gasteiger partial charge on any atom is 0.418 e. The molecule has 0 unspecified atom stereocenters. The average Bonchev–Trinajstić information content (AvgIpc) is 2.74. The number of amides is 1. The molecule has 6 nitrogen and oxygen atoms in total. The Balaban J connectivity index is 1.90. The van der Waals surface area contributed by atoms with E-state index in [4.69, 9.17) is 4.42 Å². The lowest BCUT2D eigenvalue weighted by molar-refractivity contribution is -0.137. The number of nitrogens with zero attached hydrogens (tertiary/aromatic N) is 2. The van der Waals surface area contributed by atoms with Crippen molar-refractivity contribution in [2.24, 2.45) is 4.99 Å². The molecule has 0 radical (unpaired) electrons. The Kier molecular flexibility index (Phi) is 5.40. The number of aryl methyl sites for hydroxylation is 1. The second-order valence-electron chi connectivity index (χ2n) is 6.99. The van der Waals surface area contributed by atoms with E-state index in [9.17, 15) is 23.1 Å². The van der Waals surface area contributed by atoms with E-state index < -0.39 is 23.3 Å². The van der Waals surface area contributed by atoms with Gasteiger partial charge < -0.3 is 14.8 Å². The van der Waals surface area contributed by atoms with Crippen molar-refractivity contribution < 1.29 is 27.5 Å². The molecule has 0 aliphatic carbocycles. The van der Waals surface area contributed by atoms with Gasteiger partial charge in [0, 0.05) is 17.6 Å². The molecule has 162 valence electrons. The molecule has 2 N–H and O–H groups in total. The number of aromatic hydroxyl groups is 1. The number of pyridine rings is 1. The van der Waals surface area contributed by atoms with E-state index in [1.807, 2.05) is 6.92 Å². The van der Waals surface area contributed by atoms with Crippen molar-refractivity contribution in [3.05, 3.63) is 89.1 Å². The van der Waals surface area contributed by atoms with Crippen LogP contribution in [0.5, 0.6) is 5.75 Å². The monoisotopic (exact) mass is 439 g/mol. The van der Waals surface area contributed by atoms with Gasteiger partial charge >= 0.3 is 6.18 Å². The van der Waals surface area contributed by atoms with Crippen molar-refractivity contribution in [1.82, 2.24) is 4.98 Å². The van der Waals surface area contributed by atoms with Crippen LogP contribution >= 0.6 is 0 Å². The number of carbonyl (C=O) groups is 1. The third kappa shape index (κ3) is 4.46. The van der Waals surface area contributed by atoms with E-state index in [2.05, 4.69) is 15.3 Å². The molecule has 4 rings (SSSR count). The van der Waals surface area contributed by atoms with E-state index in [-0.39, 0.29) is 28.3 Å². The molecule has 0 saturated heterocycles. The first kappa shape index (κ1) is 21.1. The fourth-order valence-corrected chi connectivity index (χ4v) is 3.00. The van der Waals surface area contributed by atoms with Crippen molar-refractivity contribution >= 4 is 28.4 Å². The maximum atomic E-state index is 13.4. The number of phenolic OH excluding ortho intramolecular Hbond substituents is 1. The number of anilines is 1. The molecule has 2 aromatic carbocycles. The van der Waals surface area contributed by atoms with Crippen molar-refractivity contribution in [1.29, 1.82) is 0 Å². The fourth-order valence-electron chi connectivity index (χ4n) is 3.00. The molecular weight excluding hydrogens is 423 g/mol. The predicted octanol–water partition coefficient (Wildman–Crippen LogP) is 5.35. The summed E-state index contributed by atoms with van der Waals surface area (Å²) < 4.78 is 45.9. The van der Waals surface area contributed by atoms with Crippen LogP contribution in [0.4, 0.5) is 24.7 Å². The number of fused-ring (bicyclic) bond motifs is 1. The molecule has 0 saturated carbocycles. The summed E-state index contributed by atoms with van der Waals surface area (Å²) in [6.07, 6.45) is -3.09. The highest BCUT2D eigenvalue weighted by Crippen LogP contribution is 2.35. The van der Waals surface area contributed by atoms with Crippen LogP contribution in [0.2, 0.25) is 0 Å². The number of carbonyl (C=O) groups excluding carboxylic acids is 1. The van der Waals surface area contributed by atoms with Gasteiger partial charge in [-0.2, -0.15) is 13.2 Å². The van der Waals surface area contributed by atoms with Gasteiger partial charge in [-0.25, -0.2) is 9.98 Å². The van der Waals surface area contributed by atoms with Crippen molar-refractivity contribution in [2.75, 3.05) is 5.32 Å². The molecule has 0 bridgehead atoms. The summed E-state index contributed by atoms with van der Waals surface area (Å²) >= 11 is 0. The molecule has 0 fully saturated rings. The van der Waals surface area contributed by atoms with Gasteiger partial charge in [0.1, 0.15) is 22.7 Å². The first-order valence-electron chi connectivity index (χ1n) is 9.42. The standard InChI is InChI=1S/C23H16F3N3O3/c1-13-6-9-20(27-12-13)29-21(31)16-10-14-7-8-15(30)11-19(14)32-22(16)28-18-5-3-2-4-17(18)23(24,25)26/h2-12,30H,1H3,(H,27,29,31). The second-order valence-corrected chi connectivity index (χ2v) is 6.99. The zero-order valence-corrected chi connectivity index (χ0v) is 16.6. The Labute approximate surface area is 179 Å². The van der Waals surface area contributed by atoms with E-state index in [1.54, 1.807) is 18.3 Å². The van der Waals surface area contributed by atoms with Gasteiger partial charge in [0.25, 0.3) is 5.91 Å². The molecule has 32 heavy (non-hydrogen) atoms. The van der Waals surface area contributed by atoms with Gasteiger partial charge in [-0.05, 0) is 48.9 Å². The van der Waals surface area contributed by atoms with Gasteiger partial charge in [-0.1, -0.05) is 18.2 Å². The SMILES string of the molecule is Cc1ccc(NC(=O)c2cc3ccc(O)cc3oc2=Nc2ccccc2C(F)(F)F)nc1. The van der Waals surface area contributed by atoms with E-state index in [0.717, 1.165) is 11.6 Å². The number of nitrogens with one attached hydrogen (secondary N) is 1. The molecule has 0 aliphatic heterocycles.